The van der Waals surface area contributed by atoms with Gasteiger partial charge in [0, 0.05) is 19.4 Å². The van der Waals surface area contributed by atoms with Gasteiger partial charge in [-0.1, -0.05) is 0 Å². The number of imidazole rings is 1. The lowest BCUT2D eigenvalue weighted by Crippen LogP contribution is -2.33. The number of hydrogen-bond donors (Lipinski definition) is 1. The van der Waals surface area contributed by atoms with E-state index in [0.29, 0.717) is 5.82 Å². The lowest BCUT2D eigenvalue weighted by atomic mass is 9.86. The molecule has 0 saturated carbocycles. The Bertz CT molecular complexity index is 357. The van der Waals surface area contributed by atoms with Crippen LogP contribution in [0.3, 0.4) is 0 Å². The van der Waals surface area contributed by atoms with Crippen molar-refractivity contribution < 1.29 is 14.6 Å². The Hall–Kier alpha value is -1.36. The van der Waals surface area contributed by atoms with Crippen molar-refractivity contribution >= 4 is 5.97 Å². The van der Waals surface area contributed by atoms with Crippen molar-refractivity contribution in [2.75, 3.05) is 7.11 Å². The third-order valence-electron chi connectivity index (χ3n) is 2.50. The highest BCUT2D eigenvalue weighted by molar-refractivity contribution is 5.76. The van der Waals surface area contributed by atoms with Crippen LogP contribution in [0.25, 0.3) is 0 Å². The second-order valence-electron chi connectivity index (χ2n) is 4.01. The van der Waals surface area contributed by atoms with Gasteiger partial charge in [0.1, 0.15) is 11.9 Å². The highest BCUT2D eigenvalue weighted by atomic mass is 16.5. The molecule has 0 bridgehead atoms. The first-order chi connectivity index (χ1) is 6.91. The van der Waals surface area contributed by atoms with Crippen molar-refractivity contribution in [1.82, 2.24) is 9.55 Å². The second kappa shape index (κ2) is 4.02. The third kappa shape index (κ3) is 2.02. The number of carbonyl (C=O) groups is 1. The standard InChI is InChI=1S/C10H16N2O3/c1-10(2,9(14)15-4)7(13)8-11-5-6-12(8)3/h5-7,13H,1-4H3. The number of hydrogen-bond acceptors (Lipinski definition) is 4. The molecule has 1 N–H and O–H groups in total. The van der Waals surface area contributed by atoms with Gasteiger partial charge in [-0.15, -0.1) is 0 Å². The fraction of sp³-hybridized carbons (Fsp3) is 0.600. The molecular weight excluding hydrogens is 196 g/mol. The number of aromatic nitrogens is 2. The Morgan fingerprint density at radius 3 is 2.67 bits per heavy atom. The lowest BCUT2D eigenvalue weighted by molar-refractivity contribution is -0.158. The van der Waals surface area contributed by atoms with E-state index in [1.165, 1.54) is 7.11 Å². The van der Waals surface area contributed by atoms with Crippen LogP contribution in [0.15, 0.2) is 12.4 Å². The summed E-state index contributed by atoms with van der Waals surface area (Å²) in [5.41, 5.74) is -1.01. The maximum Gasteiger partial charge on any atom is 0.314 e. The highest BCUT2D eigenvalue weighted by Gasteiger charge is 2.39. The number of nitrogens with zero attached hydrogens (tertiary/aromatic N) is 2. The Kier molecular flexibility index (Phi) is 3.14. The van der Waals surface area contributed by atoms with Crippen molar-refractivity contribution in [3.8, 4) is 0 Å². The minimum atomic E-state index is -1.01. The van der Waals surface area contributed by atoms with E-state index in [9.17, 15) is 9.90 Å². The molecule has 15 heavy (non-hydrogen) atoms. The maximum absolute atomic E-state index is 11.5. The summed E-state index contributed by atoms with van der Waals surface area (Å²) in [6, 6.07) is 0. The summed E-state index contributed by atoms with van der Waals surface area (Å²) in [6.45, 7) is 3.25. The van der Waals surface area contributed by atoms with Crippen LogP contribution in [-0.4, -0.2) is 27.7 Å². The molecule has 1 rings (SSSR count). The van der Waals surface area contributed by atoms with Crippen LogP contribution in [0.4, 0.5) is 0 Å². The Labute approximate surface area is 88.7 Å². The molecule has 0 aliphatic carbocycles. The Morgan fingerprint density at radius 1 is 1.67 bits per heavy atom. The number of esters is 1. The Balaban J connectivity index is 2.99. The molecule has 1 heterocycles. The average molecular weight is 212 g/mol. The molecule has 0 aromatic carbocycles. The molecular formula is C10H16N2O3. The highest BCUT2D eigenvalue weighted by Crippen LogP contribution is 2.33. The first-order valence-electron chi connectivity index (χ1n) is 4.65. The van der Waals surface area contributed by atoms with Crippen molar-refractivity contribution in [3.63, 3.8) is 0 Å². The van der Waals surface area contributed by atoms with Gasteiger partial charge in [-0.25, -0.2) is 4.98 Å². The van der Waals surface area contributed by atoms with Crippen LogP contribution in [-0.2, 0) is 16.6 Å². The quantitative estimate of drug-likeness (QED) is 0.747. The molecule has 0 spiro atoms. The molecule has 0 fully saturated rings. The van der Waals surface area contributed by atoms with Gasteiger partial charge in [0.2, 0.25) is 0 Å². The molecule has 5 nitrogen and oxygen atoms in total. The van der Waals surface area contributed by atoms with Crippen molar-refractivity contribution in [1.29, 1.82) is 0 Å². The summed E-state index contributed by atoms with van der Waals surface area (Å²) < 4.78 is 6.31. The molecule has 0 radical (unpaired) electrons. The van der Waals surface area contributed by atoms with Gasteiger partial charge in [0.05, 0.1) is 12.5 Å². The molecule has 0 aliphatic rings. The zero-order valence-corrected chi connectivity index (χ0v) is 9.39. The topological polar surface area (TPSA) is 64.3 Å². The fourth-order valence-corrected chi connectivity index (χ4v) is 1.34. The summed E-state index contributed by atoms with van der Waals surface area (Å²) >= 11 is 0. The molecule has 0 amide bonds. The van der Waals surface area contributed by atoms with Crippen LogP contribution >= 0.6 is 0 Å². The van der Waals surface area contributed by atoms with Crippen LogP contribution in [0.5, 0.6) is 0 Å². The summed E-state index contributed by atoms with van der Waals surface area (Å²) in [5, 5.41) is 10.0. The van der Waals surface area contributed by atoms with Crippen LogP contribution in [0.1, 0.15) is 25.8 Å². The van der Waals surface area contributed by atoms with Crippen LogP contribution in [0.2, 0.25) is 0 Å². The largest absolute Gasteiger partial charge is 0.469 e. The van der Waals surface area contributed by atoms with Crippen molar-refractivity contribution in [3.05, 3.63) is 18.2 Å². The molecule has 0 aliphatic heterocycles. The molecule has 0 saturated heterocycles. The number of aryl methyl sites for hydroxylation is 1. The van der Waals surface area contributed by atoms with E-state index in [1.54, 1.807) is 37.9 Å². The SMILES string of the molecule is COC(=O)C(C)(C)C(O)c1nccn1C. The summed E-state index contributed by atoms with van der Waals surface area (Å²) in [7, 11) is 3.06. The fourth-order valence-electron chi connectivity index (χ4n) is 1.34. The number of carbonyl (C=O) groups excluding carboxylic acids is 1. The number of methoxy groups -OCH3 is 1. The molecule has 1 unspecified atom stereocenters. The van der Waals surface area contributed by atoms with Crippen LogP contribution in [0, 0.1) is 5.41 Å². The van der Waals surface area contributed by atoms with Gasteiger partial charge >= 0.3 is 5.97 Å². The summed E-state index contributed by atoms with van der Waals surface area (Å²) in [5.74, 6) is -0.0107. The van der Waals surface area contributed by atoms with Gasteiger partial charge in [-0.05, 0) is 13.8 Å². The van der Waals surface area contributed by atoms with Crippen molar-refractivity contribution in [2.45, 2.75) is 20.0 Å². The number of aliphatic hydroxyl groups excluding tert-OH is 1. The van der Waals surface area contributed by atoms with Gasteiger partial charge in [0.15, 0.2) is 0 Å². The predicted molar refractivity (Wildman–Crippen MR) is 54.0 cm³/mol. The van der Waals surface area contributed by atoms with E-state index in [-0.39, 0.29) is 0 Å². The maximum atomic E-state index is 11.5. The molecule has 1 aromatic heterocycles. The minimum absolute atomic E-state index is 0.449. The van der Waals surface area contributed by atoms with E-state index < -0.39 is 17.5 Å². The van der Waals surface area contributed by atoms with E-state index in [1.807, 2.05) is 0 Å². The minimum Gasteiger partial charge on any atom is -0.469 e. The first kappa shape index (κ1) is 11.7. The second-order valence-corrected chi connectivity index (χ2v) is 4.01. The monoisotopic (exact) mass is 212 g/mol. The zero-order chi connectivity index (χ0) is 11.6. The smallest absolute Gasteiger partial charge is 0.314 e. The zero-order valence-electron chi connectivity index (χ0n) is 9.39. The normalized spacial score (nSPS) is 13.7. The van der Waals surface area contributed by atoms with E-state index in [2.05, 4.69) is 9.72 Å². The molecule has 1 atom stereocenters. The Morgan fingerprint density at radius 2 is 2.27 bits per heavy atom. The average Bonchev–Trinajstić information content (AvgIpc) is 2.61. The van der Waals surface area contributed by atoms with Crippen LogP contribution < -0.4 is 0 Å². The molecule has 1 aromatic rings. The first-order valence-corrected chi connectivity index (χ1v) is 4.65. The lowest BCUT2D eigenvalue weighted by Gasteiger charge is -2.26. The van der Waals surface area contributed by atoms with Crippen molar-refractivity contribution in [2.24, 2.45) is 12.5 Å². The van der Waals surface area contributed by atoms with Gasteiger partial charge < -0.3 is 14.4 Å². The molecule has 84 valence electrons. The van der Waals surface area contributed by atoms with E-state index in [4.69, 9.17) is 0 Å². The predicted octanol–water partition coefficient (Wildman–Crippen LogP) is 0.653. The van der Waals surface area contributed by atoms with Gasteiger partial charge in [-0.2, -0.15) is 0 Å². The number of ether oxygens (including phenoxy) is 1. The third-order valence-corrected chi connectivity index (χ3v) is 2.50. The van der Waals surface area contributed by atoms with Gasteiger partial charge in [-0.3, -0.25) is 4.79 Å². The van der Waals surface area contributed by atoms with E-state index >= 15 is 0 Å². The van der Waals surface area contributed by atoms with E-state index in [0.717, 1.165) is 0 Å². The van der Waals surface area contributed by atoms with Gasteiger partial charge in [0.25, 0.3) is 0 Å². The number of aliphatic hydroxyl groups is 1. The molecule has 5 heteroatoms. The number of rotatable bonds is 3. The summed E-state index contributed by atoms with van der Waals surface area (Å²) in [6.07, 6.45) is 2.31. The summed E-state index contributed by atoms with van der Waals surface area (Å²) in [4.78, 5) is 15.5.